The van der Waals surface area contributed by atoms with Gasteiger partial charge in [-0.2, -0.15) is 0 Å². The molecule has 1 aliphatic carbocycles. The summed E-state index contributed by atoms with van der Waals surface area (Å²) in [6, 6.07) is 0. The van der Waals surface area contributed by atoms with Crippen molar-refractivity contribution in [1.82, 2.24) is 0 Å². The van der Waals surface area contributed by atoms with E-state index in [4.69, 9.17) is 9.47 Å². The summed E-state index contributed by atoms with van der Waals surface area (Å²) in [6.45, 7) is 5.40. The van der Waals surface area contributed by atoms with Gasteiger partial charge in [0.25, 0.3) is 0 Å². The van der Waals surface area contributed by atoms with Crippen LogP contribution >= 0.6 is 0 Å². The van der Waals surface area contributed by atoms with Crippen LogP contribution in [-0.2, 0) is 9.47 Å². The van der Waals surface area contributed by atoms with Crippen LogP contribution in [-0.4, -0.2) is 18.5 Å². The summed E-state index contributed by atoms with van der Waals surface area (Å²) < 4.78 is 12.2. The molecular formula is C13H24O2. The van der Waals surface area contributed by atoms with Gasteiger partial charge in [0.1, 0.15) is 0 Å². The molecule has 1 saturated heterocycles. The fourth-order valence-electron chi connectivity index (χ4n) is 2.91. The largest absolute Gasteiger partial charge is 0.350 e. The summed E-state index contributed by atoms with van der Waals surface area (Å²) in [4.78, 5) is 0. The van der Waals surface area contributed by atoms with Gasteiger partial charge in [-0.15, -0.1) is 0 Å². The molecule has 88 valence electrons. The normalized spacial score (nSPS) is 34.8. The summed E-state index contributed by atoms with van der Waals surface area (Å²) in [7, 11) is 0. The molecule has 15 heavy (non-hydrogen) atoms. The quantitative estimate of drug-likeness (QED) is 0.713. The predicted molar refractivity (Wildman–Crippen MR) is 60.7 cm³/mol. The van der Waals surface area contributed by atoms with Crippen molar-refractivity contribution in [2.75, 3.05) is 6.61 Å². The van der Waals surface area contributed by atoms with Crippen molar-refractivity contribution in [2.24, 2.45) is 5.92 Å². The standard InChI is InChI=1S/C13H24O2/c1-3-7-12-11(4-2)10-14-13(15-12)8-5-6-9-13/h11-12H,3-10H2,1-2H3/t11-,12+/m1/s1. The van der Waals surface area contributed by atoms with Gasteiger partial charge in [-0.3, -0.25) is 0 Å². The molecule has 2 heteroatoms. The third-order valence-electron chi connectivity index (χ3n) is 3.92. The van der Waals surface area contributed by atoms with Crippen molar-refractivity contribution >= 4 is 0 Å². The Morgan fingerprint density at radius 3 is 2.53 bits per heavy atom. The van der Waals surface area contributed by atoms with Gasteiger partial charge in [0, 0.05) is 18.8 Å². The lowest BCUT2D eigenvalue weighted by Gasteiger charge is -2.43. The zero-order valence-corrected chi connectivity index (χ0v) is 10.1. The Balaban J connectivity index is 1.98. The molecule has 1 aliphatic heterocycles. The summed E-state index contributed by atoms with van der Waals surface area (Å²) >= 11 is 0. The highest BCUT2D eigenvalue weighted by atomic mass is 16.7. The van der Waals surface area contributed by atoms with Crippen LogP contribution in [0.5, 0.6) is 0 Å². The van der Waals surface area contributed by atoms with E-state index in [1.54, 1.807) is 0 Å². The van der Waals surface area contributed by atoms with E-state index in [2.05, 4.69) is 13.8 Å². The molecule has 0 aromatic heterocycles. The molecule has 2 atom stereocenters. The molecule has 0 aromatic rings. The summed E-state index contributed by atoms with van der Waals surface area (Å²) in [5.41, 5.74) is 0. The maximum absolute atomic E-state index is 6.26. The van der Waals surface area contributed by atoms with E-state index in [9.17, 15) is 0 Å². The SMILES string of the molecule is CCC[C@@H]1OC2(CCCC2)OC[C@H]1CC. The van der Waals surface area contributed by atoms with Crippen LogP contribution in [0.25, 0.3) is 0 Å². The molecule has 1 saturated carbocycles. The van der Waals surface area contributed by atoms with E-state index < -0.39 is 0 Å². The van der Waals surface area contributed by atoms with Crippen molar-refractivity contribution in [2.45, 2.75) is 70.7 Å². The maximum atomic E-state index is 6.26. The van der Waals surface area contributed by atoms with E-state index in [0.29, 0.717) is 12.0 Å². The highest BCUT2D eigenvalue weighted by Crippen LogP contribution is 2.41. The number of hydrogen-bond donors (Lipinski definition) is 0. The first-order chi connectivity index (χ1) is 7.29. The number of ether oxygens (including phenoxy) is 2. The van der Waals surface area contributed by atoms with Gasteiger partial charge in [-0.1, -0.05) is 20.3 Å². The molecule has 1 spiro atoms. The fourth-order valence-corrected chi connectivity index (χ4v) is 2.91. The van der Waals surface area contributed by atoms with Gasteiger partial charge in [-0.25, -0.2) is 0 Å². The minimum atomic E-state index is -0.175. The third kappa shape index (κ3) is 2.36. The van der Waals surface area contributed by atoms with Crippen molar-refractivity contribution in [3.05, 3.63) is 0 Å². The van der Waals surface area contributed by atoms with Crippen molar-refractivity contribution in [3.8, 4) is 0 Å². The minimum absolute atomic E-state index is 0.175. The van der Waals surface area contributed by atoms with Gasteiger partial charge in [0.15, 0.2) is 5.79 Å². The van der Waals surface area contributed by atoms with E-state index >= 15 is 0 Å². The van der Waals surface area contributed by atoms with Gasteiger partial charge < -0.3 is 9.47 Å². The molecule has 2 nitrogen and oxygen atoms in total. The van der Waals surface area contributed by atoms with Crippen LogP contribution in [0.4, 0.5) is 0 Å². The zero-order chi connectivity index (χ0) is 10.7. The second kappa shape index (κ2) is 4.84. The van der Waals surface area contributed by atoms with Gasteiger partial charge in [0.2, 0.25) is 0 Å². The Kier molecular flexibility index (Phi) is 3.68. The lowest BCUT2D eigenvalue weighted by Crippen LogP contribution is -2.47. The topological polar surface area (TPSA) is 18.5 Å². The molecule has 2 aliphatic rings. The lowest BCUT2D eigenvalue weighted by atomic mass is 9.94. The molecule has 2 rings (SSSR count). The van der Waals surface area contributed by atoms with E-state index in [0.717, 1.165) is 19.4 Å². The first kappa shape index (κ1) is 11.4. The Hall–Kier alpha value is -0.0800. The van der Waals surface area contributed by atoms with E-state index in [-0.39, 0.29) is 5.79 Å². The summed E-state index contributed by atoms with van der Waals surface area (Å²) in [5.74, 6) is 0.446. The van der Waals surface area contributed by atoms with Crippen LogP contribution in [0.1, 0.15) is 58.8 Å². The zero-order valence-electron chi connectivity index (χ0n) is 10.1. The summed E-state index contributed by atoms with van der Waals surface area (Å²) in [5, 5.41) is 0. The number of hydrogen-bond acceptors (Lipinski definition) is 2. The fraction of sp³-hybridized carbons (Fsp3) is 1.00. The van der Waals surface area contributed by atoms with Gasteiger partial charge >= 0.3 is 0 Å². The van der Waals surface area contributed by atoms with Crippen LogP contribution in [0.2, 0.25) is 0 Å². The third-order valence-corrected chi connectivity index (χ3v) is 3.92. The molecule has 0 unspecified atom stereocenters. The van der Waals surface area contributed by atoms with Crippen molar-refractivity contribution in [3.63, 3.8) is 0 Å². The first-order valence-corrected chi connectivity index (χ1v) is 6.61. The summed E-state index contributed by atoms with van der Waals surface area (Å²) in [6.07, 6.45) is 8.83. The second-order valence-electron chi connectivity index (χ2n) is 5.04. The smallest absolute Gasteiger partial charge is 0.168 e. The molecule has 1 heterocycles. The second-order valence-corrected chi connectivity index (χ2v) is 5.04. The molecule has 2 fully saturated rings. The van der Waals surface area contributed by atoms with Crippen LogP contribution in [0.15, 0.2) is 0 Å². The van der Waals surface area contributed by atoms with Crippen LogP contribution in [0.3, 0.4) is 0 Å². The predicted octanol–water partition coefficient (Wildman–Crippen LogP) is 3.50. The van der Waals surface area contributed by atoms with E-state index in [1.807, 2.05) is 0 Å². The monoisotopic (exact) mass is 212 g/mol. The Morgan fingerprint density at radius 2 is 1.93 bits per heavy atom. The Bertz CT molecular complexity index is 197. The highest BCUT2D eigenvalue weighted by Gasteiger charge is 2.43. The van der Waals surface area contributed by atoms with Crippen molar-refractivity contribution in [1.29, 1.82) is 0 Å². The van der Waals surface area contributed by atoms with Gasteiger partial charge in [-0.05, 0) is 25.7 Å². The first-order valence-electron chi connectivity index (χ1n) is 6.61. The maximum Gasteiger partial charge on any atom is 0.168 e. The molecule has 0 bridgehead atoms. The molecule has 0 N–H and O–H groups in total. The van der Waals surface area contributed by atoms with E-state index in [1.165, 1.54) is 32.1 Å². The average molecular weight is 212 g/mol. The Morgan fingerprint density at radius 1 is 1.20 bits per heavy atom. The van der Waals surface area contributed by atoms with Gasteiger partial charge in [0.05, 0.1) is 12.7 Å². The number of rotatable bonds is 3. The lowest BCUT2D eigenvalue weighted by molar-refractivity contribution is -0.308. The van der Waals surface area contributed by atoms with Crippen LogP contribution < -0.4 is 0 Å². The molecule has 0 amide bonds. The highest BCUT2D eigenvalue weighted by molar-refractivity contribution is 4.85. The average Bonchev–Trinajstić information content (AvgIpc) is 2.68. The minimum Gasteiger partial charge on any atom is -0.350 e. The molecule has 0 aromatic carbocycles. The molecule has 0 radical (unpaired) electrons. The van der Waals surface area contributed by atoms with Crippen LogP contribution in [0, 0.1) is 5.92 Å². The molecular weight excluding hydrogens is 188 g/mol. The Labute approximate surface area is 93.3 Å². The van der Waals surface area contributed by atoms with Crippen molar-refractivity contribution < 1.29 is 9.47 Å².